The minimum atomic E-state index is -0.206. The fourth-order valence-corrected chi connectivity index (χ4v) is 7.06. The molecule has 34 heavy (non-hydrogen) atoms. The third-order valence-corrected chi connectivity index (χ3v) is 8.88. The Balaban J connectivity index is 1.33. The zero-order valence-electron chi connectivity index (χ0n) is 20.4. The Hall–Kier alpha value is -2.65. The fraction of sp³-hybridized carbons (Fsp3) is 0.387. The Bertz CT molecular complexity index is 1190. The second-order valence-electron chi connectivity index (χ2n) is 9.14. The minimum Gasteiger partial charge on any atom is -0.462 e. The molecule has 1 unspecified atom stereocenters. The van der Waals surface area contributed by atoms with E-state index in [4.69, 9.17) is 4.74 Å². The summed E-state index contributed by atoms with van der Waals surface area (Å²) in [6.45, 7) is 2.77. The van der Waals surface area contributed by atoms with Gasteiger partial charge in [0.05, 0.1) is 12.2 Å². The van der Waals surface area contributed by atoms with Gasteiger partial charge < -0.3 is 4.74 Å². The standard InChI is InChI=1S/C31H37O2S/c1-2-3-4-5-6-7-8-9-10-16-23-33-31(32)25-21-22-30-28(24-25)27-19-14-15-20-29(27)34(30)26-17-12-11-13-18-26/h11-15,17-22,24H,2-10,16,23H2,1H3/q+1. The number of ether oxygens (including phenoxy) is 1. The number of thiophene rings is 1. The van der Waals surface area contributed by atoms with Gasteiger partial charge in [0, 0.05) is 21.2 Å². The molecule has 4 rings (SSSR count). The number of carbonyl (C=O) groups is 1. The van der Waals surface area contributed by atoms with Gasteiger partial charge in [-0.25, -0.2) is 4.79 Å². The van der Waals surface area contributed by atoms with Crippen molar-refractivity contribution in [2.75, 3.05) is 6.61 Å². The molecule has 0 N–H and O–H groups in total. The molecule has 0 saturated carbocycles. The average molecular weight is 474 g/mol. The quantitative estimate of drug-likeness (QED) is 0.110. The van der Waals surface area contributed by atoms with Gasteiger partial charge in [-0.2, -0.15) is 0 Å². The van der Waals surface area contributed by atoms with E-state index < -0.39 is 0 Å². The van der Waals surface area contributed by atoms with Crippen LogP contribution in [0.5, 0.6) is 0 Å². The maximum absolute atomic E-state index is 12.7. The van der Waals surface area contributed by atoms with E-state index >= 15 is 0 Å². The predicted molar refractivity (Wildman–Crippen MR) is 147 cm³/mol. The minimum absolute atomic E-state index is 0.128. The molecule has 178 valence electrons. The van der Waals surface area contributed by atoms with Crippen LogP contribution < -0.4 is 0 Å². The molecule has 0 fully saturated rings. The molecule has 4 aromatic rings. The summed E-state index contributed by atoms with van der Waals surface area (Å²) in [5.74, 6) is -0.206. The van der Waals surface area contributed by atoms with Crippen molar-refractivity contribution in [2.24, 2.45) is 0 Å². The van der Waals surface area contributed by atoms with Gasteiger partial charge in [0.1, 0.15) is 0 Å². The molecule has 0 aliphatic carbocycles. The van der Waals surface area contributed by atoms with Gasteiger partial charge in [0.15, 0.2) is 14.3 Å². The second-order valence-corrected chi connectivity index (χ2v) is 11.1. The Kier molecular flexibility index (Phi) is 9.15. The van der Waals surface area contributed by atoms with E-state index in [1.54, 1.807) is 0 Å². The van der Waals surface area contributed by atoms with Crippen molar-refractivity contribution >= 4 is 36.6 Å². The number of benzene rings is 3. The Morgan fingerprint density at radius 3 is 2.03 bits per heavy atom. The maximum Gasteiger partial charge on any atom is 0.338 e. The first-order valence-electron chi connectivity index (χ1n) is 13.0. The number of hydrogen-bond acceptors (Lipinski definition) is 2. The lowest BCUT2D eigenvalue weighted by molar-refractivity contribution is 0.0498. The van der Waals surface area contributed by atoms with Crippen molar-refractivity contribution in [3.05, 3.63) is 78.4 Å². The summed E-state index contributed by atoms with van der Waals surface area (Å²) < 4.78 is 8.25. The van der Waals surface area contributed by atoms with Gasteiger partial charge in [-0.1, -0.05) is 95.0 Å². The van der Waals surface area contributed by atoms with Crippen molar-refractivity contribution in [1.29, 1.82) is 0 Å². The molecular formula is C31H37O2S+. The molecule has 0 saturated heterocycles. The monoisotopic (exact) mass is 473 g/mol. The van der Waals surface area contributed by atoms with E-state index in [1.807, 2.05) is 12.1 Å². The lowest BCUT2D eigenvalue weighted by atomic mass is 10.1. The van der Waals surface area contributed by atoms with Gasteiger partial charge in [0.2, 0.25) is 0 Å². The number of unbranched alkanes of at least 4 members (excludes halogenated alkanes) is 9. The summed E-state index contributed by atoms with van der Waals surface area (Å²) in [5, 5.41) is 2.39. The SMILES string of the molecule is CCCCCCCCCCCCOC(=O)c1ccc2c(c1)c1ccccc1[s+]2-c1ccccc1. The first-order valence-corrected chi connectivity index (χ1v) is 14.2. The summed E-state index contributed by atoms with van der Waals surface area (Å²) in [4.78, 5) is 14.1. The van der Waals surface area contributed by atoms with Gasteiger partial charge in [0.25, 0.3) is 0 Å². The molecule has 1 heterocycles. The molecular weight excluding hydrogens is 436 g/mol. The number of hydrogen-bond donors (Lipinski definition) is 0. The van der Waals surface area contributed by atoms with Crippen LogP contribution in [-0.2, 0) is 4.74 Å². The molecule has 0 aliphatic heterocycles. The normalized spacial score (nSPS) is 11.9. The topological polar surface area (TPSA) is 26.3 Å². The molecule has 1 aromatic heterocycles. The van der Waals surface area contributed by atoms with Crippen LogP contribution in [0.25, 0.3) is 25.1 Å². The van der Waals surface area contributed by atoms with Crippen LogP contribution in [0.2, 0.25) is 0 Å². The molecule has 1 atom stereocenters. The van der Waals surface area contributed by atoms with Gasteiger partial charge in [-0.3, -0.25) is 0 Å². The van der Waals surface area contributed by atoms with Crippen molar-refractivity contribution in [3.8, 4) is 4.90 Å². The maximum atomic E-state index is 12.7. The third-order valence-electron chi connectivity index (χ3n) is 6.54. The van der Waals surface area contributed by atoms with Crippen molar-refractivity contribution in [2.45, 2.75) is 71.1 Å². The van der Waals surface area contributed by atoms with E-state index in [-0.39, 0.29) is 16.4 Å². The van der Waals surface area contributed by atoms with Crippen LogP contribution in [0.15, 0.2) is 72.8 Å². The van der Waals surface area contributed by atoms with Crippen molar-refractivity contribution in [3.63, 3.8) is 0 Å². The Morgan fingerprint density at radius 2 is 1.29 bits per heavy atom. The summed E-state index contributed by atoms with van der Waals surface area (Å²) >= 11 is 0. The molecule has 0 spiro atoms. The fourth-order valence-electron chi connectivity index (χ4n) is 4.68. The number of rotatable bonds is 13. The summed E-state index contributed by atoms with van der Waals surface area (Å²) in [5.41, 5.74) is 0.652. The van der Waals surface area contributed by atoms with E-state index in [0.717, 1.165) is 18.2 Å². The van der Waals surface area contributed by atoms with E-state index in [0.29, 0.717) is 12.2 Å². The lowest BCUT2D eigenvalue weighted by Gasteiger charge is -2.05. The summed E-state index contributed by atoms with van der Waals surface area (Å²) in [7, 11) is -0.128. The zero-order chi connectivity index (χ0) is 23.6. The second kappa shape index (κ2) is 12.7. The third kappa shape index (κ3) is 6.07. The molecule has 0 bridgehead atoms. The van der Waals surface area contributed by atoms with Gasteiger partial charge >= 0.3 is 5.97 Å². The number of fused-ring (bicyclic) bond motifs is 3. The van der Waals surface area contributed by atoms with E-state index in [9.17, 15) is 4.79 Å². The summed E-state index contributed by atoms with van der Waals surface area (Å²) in [6, 6.07) is 25.3. The average Bonchev–Trinajstić information content (AvgIpc) is 3.21. The first-order chi connectivity index (χ1) is 16.8. The van der Waals surface area contributed by atoms with Crippen molar-refractivity contribution in [1.82, 2.24) is 0 Å². The summed E-state index contributed by atoms with van der Waals surface area (Å²) in [6.07, 6.45) is 12.8. The molecule has 2 nitrogen and oxygen atoms in total. The van der Waals surface area contributed by atoms with E-state index in [1.165, 1.54) is 71.0 Å². The van der Waals surface area contributed by atoms with Gasteiger partial charge in [-0.05, 0) is 48.9 Å². The molecule has 3 heteroatoms. The highest BCUT2D eigenvalue weighted by atomic mass is 32.2. The van der Waals surface area contributed by atoms with Gasteiger partial charge in [-0.15, -0.1) is 0 Å². The van der Waals surface area contributed by atoms with Crippen molar-refractivity contribution < 1.29 is 9.53 Å². The molecule has 3 aromatic carbocycles. The van der Waals surface area contributed by atoms with Crippen LogP contribution in [0.1, 0.15) is 81.5 Å². The smallest absolute Gasteiger partial charge is 0.338 e. The Morgan fingerprint density at radius 1 is 0.676 bits per heavy atom. The van der Waals surface area contributed by atoms with Crippen LogP contribution in [0, 0.1) is 0 Å². The van der Waals surface area contributed by atoms with E-state index in [2.05, 4.69) is 67.6 Å². The van der Waals surface area contributed by atoms with Crippen LogP contribution in [0.4, 0.5) is 0 Å². The first kappa shape index (κ1) is 24.5. The number of esters is 1. The van der Waals surface area contributed by atoms with Crippen LogP contribution in [0.3, 0.4) is 0 Å². The highest BCUT2D eigenvalue weighted by molar-refractivity contribution is 7.50. The molecule has 0 amide bonds. The highest BCUT2D eigenvalue weighted by Gasteiger charge is 2.24. The zero-order valence-corrected chi connectivity index (χ0v) is 21.2. The predicted octanol–water partition coefficient (Wildman–Crippen LogP) is 9.81. The van der Waals surface area contributed by atoms with Crippen LogP contribution >= 0.6 is 10.5 Å². The lowest BCUT2D eigenvalue weighted by Crippen LogP contribution is -2.06. The highest BCUT2D eigenvalue weighted by Crippen LogP contribution is 2.48. The molecule has 0 aliphatic rings. The number of carbonyl (C=O) groups excluding carboxylic acids is 1. The Labute approximate surface area is 206 Å². The largest absolute Gasteiger partial charge is 0.462 e. The van der Waals surface area contributed by atoms with Crippen LogP contribution in [-0.4, -0.2) is 12.6 Å². The molecule has 0 radical (unpaired) electrons.